The maximum absolute atomic E-state index is 10.9. The largest absolute Gasteiger partial charge is 0.358 e. The van der Waals surface area contributed by atoms with Crippen LogP contribution in [0.5, 0.6) is 0 Å². The molecule has 0 unspecified atom stereocenters. The second-order valence-corrected chi connectivity index (χ2v) is 2.94. The molecule has 1 fully saturated rings. The SMILES string of the molecule is O=C(N=S(=O)=O)N1CCNCC1. The van der Waals surface area contributed by atoms with Crippen LogP contribution in [-0.2, 0) is 10.5 Å². The third-order valence-corrected chi connectivity index (χ3v) is 1.85. The Balaban J connectivity index is 2.57. The van der Waals surface area contributed by atoms with Gasteiger partial charge in [-0.15, -0.1) is 0 Å². The molecule has 0 bridgehead atoms. The zero-order chi connectivity index (χ0) is 8.97. The van der Waals surface area contributed by atoms with Crippen LogP contribution >= 0.6 is 0 Å². The lowest BCUT2D eigenvalue weighted by atomic mass is 10.4. The summed E-state index contributed by atoms with van der Waals surface area (Å²) in [6.45, 7) is 2.40. The van der Waals surface area contributed by atoms with Crippen LogP contribution in [0.4, 0.5) is 4.79 Å². The highest BCUT2D eigenvalue weighted by molar-refractivity contribution is 7.62. The van der Waals surface area contributed by atoms with Gasteiger partial charge in [0.25, 0.3) is 0 Å². The van der Waals surface area contributed by atoms with Gasteiger partial charge in [0.2, 0.25) is 0 Å². The van der Waals surface area contributed by atoms with Crippen molar-refractivity contribution >= 4 is 16.5 Å². The van der Waals surface area contributed by atoms with Crippen LogP contribution in [0.15, 0.2) is 4.36 Å². The lowest BCUT2D eigenvalue weighted by Crippen LogP contribution is -2.45. The van der Waals surface area contributed by atoms with Crippen LogP contribution in [0.25, 0.3) is 0 Å². The average Bonchev–Trinajstić information content (AvgIpc) is 2.05. The minimum absolute atomic E-state index is 0.513. The summed E-state index contributed by atoms with van der Waals surface area (Å²) in [7, 11) is -2.63. The number of hydrogen-bond donors (Lipinski definition) is 1. The molecule has 0 aromatic rings. The normalized spacial score (nSPS) is 17.2. The van der Waals surface area contributed by atoms with E-state index < -0.39 is 16.5 Å². The number of piperazine rings is 1. The third kappa shape index (κ3) is 2.59. The number of carbonyl (C=O) groups is 1. The Morgan fingerprint density at radius 2 is 1.92 bits per heavy atom. The number of nitrogens with one attached hydrogen (secondary N) is 1. The smallest absolute Gasteiger partial charge is 0.319 e. The maximum atomic E-state index is 10.9. The first kappa shape index (κ1) is 9.14. The van der Waals surface area contributed by atoms with Gasteiger partial charge in [-0.2, -0.15) is 8.42 Å². The highest BCUT2D eigenvalue weighted by Crippen LogP contribution is 1.95. The average molecular weight is 191 g/mol. The predicted molar refractivity (Wildman–Crippen MR) is 41.2 cm³/mol. The summed E-state index contributed by atoms with van der Waals surface area (Å²) in [5.74, 6) is 0. The van der Waals surface area contributed by atoms with Crippen molar-refractivity contribution in [1.29, 1.82) is 0 Å². The Morgan fingerprint density at radius 3 is 2.42 bits per heavy atom. The van der Waals surface area contributed by atoms with E-state index in [9.17, 15) is 13.2 Å². The molecule has 1 aliphatic rings. The van der Waals surface area contributed by atoms with Crippen LogP contribution in [-0.4, -0.2) is 45.5 Å². The van der Waals surface area contributed by atoms with Crippen molar-refractivity contribution < 1.29 is 13.2 Å². The molecule has 0 saturated carbocycles. The van der Waals surface area contributed by atoms with Gasteiger partial charge in [0.15, 0.2) is 0 Å². The fraction of sp³-hybridized carbons (Fsp3) is 0.800. The second kappa shape index (κ2) is 4.17. The summed E-state index contributed by atoms with van der Waals surface area (Å²) < 4.78 is 22.9. The molecular formula is C5H9N3O3S. The summed E-state index contributed by atoms with van der Waals surface area (Å²) >= 11 is 0. The van der Waals surface area contributed by atoms with E-state index in [-0.39, 0.29) is 0 Å². The first-order valence-electron chi connectivity index (χ1n) is 3.51. The van der Waals surface area contributed by atoms with E-state index in [0.717, 1.165) is 0 Å². The summed E-state index contributed by atoms with van der Waals surface area (Å²) in [4.78, 5) is 12.3. The van der Waals surface area contributed by atoms with E-state index >= 15 is 0 Å². The minimum atomic E-state index is -2.63. The molecule has 2 amide bonds. The van der Waals surface area contributed by atoms with Crippen molar-refractivity contribution in [3.63, 3.8) is 0 Å². The Hall–Kier alpha value is -0.950. The molecule has 1 heterocycles. The fourth-order valence-corrected chi connectivity index (χ4v) is 1.22. The highest BCUT2D eigenvalue weighted by Gasteiger charge is 2.15. The molecule has 1 rings (SSSR count). The van der Waals surface area contributed by atoms with Gasteiger partial charge in [-0.3, -0.25) is 0 Å². The van der Waals surface area contributed by atoms with Crippen molar-refractivity contribution in [2.75, 3.05) is 26.2 Å². The Kier molecular flexibility index (Phi) is 3.18. The molecule has 1 saturated heterocycles. The molecule has 0 aliphatic carbocycles. The van der Waals surface area contributed by atoms with E-state index in [1.807, 2.05) is 0 Å². The molecular weight excluding hydrogens is 182 g/mol. The van der Waals surface area contributed by atoms with Crippen LogP contribution in [0.2, 0.25) is 0 Å². The molecule has 68 valence electrons. The van der Waals surface area contributed by atoms with Gasteiger partial charge < -0.3 is 10.2 Å². The highest BCUT2D eigenvalue weighted by atomic mass is 32.2. The first-order valence-corrected chi connectivity index (χ1v) is 4.54. The van der Waals surface area contributed by atoms with E-state index in [0.29, 0.717) is 26.2 Å². The van der Waals surface area contributed by atoms with Crippen LogP contribution in [0.1, 0.15) is 0 Å². The minimum Gasteiger partial charge on any atom is -0.319 e. The molecule has 0 radical (unpaired) electrons. The van der Waals surface area contributed by atoms with E-state index in [1.54, 1.807) is 0 Å². The van der Waals surface area contributed by atoms with Gasteiger partial charge in [-0.25, -0.2) is 4.79 Å². The number of hydrogen-bond acceptors (Lipinski definition) is 4. The lowest BCUT2D eigenvalue weighted by molar-refractivity contribution is 0.200. The molecule has 7 heteroatoms. The topological polar surface area (TPSA) is 78.8 Å². The van der Waals surface area contributed by atoms with Gasteiger partial charge in [0.1, 0.15) is 0 Å². The van der Waals surface area contributed by atoms with Crippen molar-refractivity contribution in [3.8, 4) is 0 Å². The lowest BCUT2D eigenvalue weighted by Gasteiger charge is -2.24. The quantitative estimate of drug-likeness (QED) is 0.536. The Morgan fingerprint density at radius 1 is 1.33 bits per heavy atom. The molecule has 0 aromatic heterocycles. The number of nitrogens with zero attached hydrogens (tertiary/aromatic N) is 2. The van der Waals surface area contributed by atoms with Crippen LogP contribution < -0.4 is 5.32 Å². The van der Waals surface area contributed by atoms with E-state index in [2.05, 4.69) is 9.68 Å². The van der Waals surface area contributed by atoms with Crippen LogP contribution in [0.3, 0.4) is 0 Å². The van der Waals surface area contributed by atoms with Crippen molar-refractivity contribution in [2.24, 2.45) is 4.36 Å². The maximum Gasteiger partial charge on any atom is 0.358 e. The number of carbonyl (C=O) groups excluding carboxylic acids is 1. The van der Waals surface area contributed by atoms with E-state index in [1.165, 1.54) is 4.90 Å². The third-order valence-electron chi connectivity index (χ3n) is 1.54. The number of rotatable bonds is 0. The Labute approximate surface area is 71.3 Å². The van der Waals surface area contributed by atoms with Crippen molar-refractivity contribution in [2.45, 2.75) is 0 Å². The zero-order valence-corrected chi connectivity index (χ0v) is 7.17. The molecule has 0 atom stereocenters. The van der Waals surface area contributed by atoms with Gasteiger partial charge in [-0.1, -0.05) is 4.36 Å². The van der Waals surface area contributed by atoms with Gasteiger partial charge in [0.05, 0.1) is 0 Å². The zero-order valence-electron chi connectivity index (χ0n) is 6.36. The predicted octanol–water partition coefficient (Wildman–Crippen LogP) is -0.926. The summed E-state index contributed by atoms with van der Waals surface area (Å²) in [5.41, 5.74) is 0. The molecule has 1 aliphatic heterocycles. The number of urea groups is 1. The molecule has 0 spiro atoms. The molecule has 12 heavy (non-hydrogen) atoms. The van der Waals surface area contributed by atoms with Gasteiger partial charge >= 0.3 is 16.5 Å². The van der Waals surface area contributed by atoms with Crippen molar-refractivity contribution in [1.82, 2.24) is 10.2 Å². The molecule has 1 N–H and O–H groups in total. The molecule has 0 aromatic carbocycles. The number of amides is 2. The van der Waals surface area contributed by atoms with Gasteiger partial charge in [-0.05, 0) is 0 Å². The summed E-state index contributed by atoms with van der Waals surface area (Å²) in [6.07, 6.45) is 0. The van der Waals surface area contributed by atoms with Gasteiger partial charge in [0, 0.05) is 26.2 Å². The fourth-order valence-electron chi connectivity index (χ4n) is 0.978. The van der Waals surface area contributed by atoms with Crippen LogP contribution in [0, 0.1) is 0 Å². The van der Waals surface area contributed by atoms with Crippen molar-refractivity contribution in [3.05, 3.63) is 0 Å². The standard InChI is InChI=1S/C5H9N3O3S/c9-5(7-12(10)11)8-3-1-6-2-4-8/h6H,1-4H2. The Bertz CT molecular complexity index is 283. The second-order valence-electron chi connectivity index (χ2n) is 2.33. The summed E-state index contributed by atoms with van der Waals surface area (Å²) in [5, 5.41) is 3.03. The summed E-state index contributed by atoms with van der Waals surface area (Å²) in [6, 6.07) is -0.676. The first-order chi connectivity index (χ1) is 5.70. The van der Waals surface area contributed by atoms with E-state index in [4.69, 9.17) is 0 Å². The molecule has 6 nitrogen and oxygen atoms in total. The monoisotopic (exact) mass is 191 g/mol.